The first-order chi connectivity index (χ1) is 9.60. The smallest absolute Gasteiger partial charge is 0.176 e. The molecule has 2 rings (SSSR count). The zero-order valence-electron chi connectivity index (χ0n) is 12.1. The van der Waals surface area contributed by atoms with E-state index in [9.17, 15) is 9.18 Å². The van der Waals surface area contributed by atoms with Crippen LogP contribution in [0.15, 0.2) is 18.2 Å². The fraction of sp³-hybridized carbons (Fsp3) is 0.533. The van der Waals surface area contributed by atoms with Gasteiger partial charge in [0, 0.05) is 18.7 Å². The van der Waals surface area contributed by atoms with Crippen molar-refractivity contribution in [1.29, 1.82) is 0 Å². The highest BCUT2D eigenvalue weighted by Crippen LogP contribution is 2.18. The maximum Gasteiger partial charge on any atom is 0.176 e. The maximum absolute atomic E-state index is 13.6. The summed E-state index contributed by atoms with van der Waals surface area (Å²) in [5, 5.41) is 0. The van der Waals surface area contributed by atoms with Crippen molar-refractivity contribution in [1.82, 2.24) is 9.80 Å². The van der Waals surface area contributed by atoms with Crippen LogP contribution in [0.2, 0.25) is 0 Å². The Morgan fingerprint density at radius 3 is 2.80 bits per heavy atom. The minimum Gasteiger partial charge on any atom is -0.494 e. The van der Waals surface area contributed by atoms with E-state index in [2.05, 4.69) is 16.8 Å². The minimum absolute atomic E-state index is 0.0453. The number of hydrogen-bond donors (Lipinski definition) is 0. The third-order valence-electron chi connectivity index (χ3n) is 3.65. The van der Waals surface area contributed by atoms with E-state index in [0.29, 0.717) is 12.1 Å². The van der Waals surface area contributed by atoms with Crippen LogP contribution in [-0.2, 0) is 0 Å². The summed E-state index contributed by atoms with van der Waals surface area (Å²) in [6.45, 7) is 4.15. The summed E-state index contributed by atoms with van der Waals surface area (Å²) >= 11 is 0. The molecule has 1 aliphatic heterocycles. The number of carbonyl (C=O) groups excluding carboxylic acids is 1. The van der Waals surface area contributed by atoms with Crippen molar-refractivity contribution in [3.63, 3.8) is 0 Å². The van der Waals surface area contributed by atoms with Gasteiger partial charge in [-0.1, -0.05) is 0 Å². The molecule has 5 heteroatoms. The molecule has 0 N–H and O–H groups in total. The van der Waals surface area contributed by atoms with Gasteiger partial charge >= 0.3 is 0 Å². The summed E-state index contributed by atoms with van der Waals surface area (Å²) < 4.78 is 18.5. The Morgan fingerprint density at radius 2 is 2.10 bits per heavy atom. The van der Waals surface area contributed by atoms with Crippen LogP contribution >= 0.6 is 0 Å². The van der Waals surface area contributed by atoms with Gasteiger partial charge in [-0.3, -0.25) is 9.69 Å². The second-order valence-electron chi connectivity index (χ2n) is 5.21. The molecular weight excluding hydrogens is 259 g/mol. The molecule has 0 aromatic heterocycles. The molecule has 1 aromatic rings. The molecule has 1 fully saturated rings. The lowest BCUT2D eigenvalue weighted by Crippen LogP contribution is -2.33. The van der Waals surface area contributed by atoms with Crippen LogP contribution in [0.25, 0.3) is 0 Å². The minimum atomic E-state index is -0.492. The highest BCUT2D eigenvalue weighted by Gasteiger charge is 2.17. The van der Waals surface area contributed by atoms with E-state index in [1.165, 1.54) is 19.2 Å². The molecule has 4 nitrogen and oxygen atoms in total. The number of nitrogens with zero attached hydrogens (tertiary/aromatic N) is 2. The molecule has 0 aliphatic carbocycles. The first-order valence-electron chi connectivity index (χ1n) is 6.88. The van der Waals surface area contributed by atoms with E-state index in [1.54, 1.807) is 6.07 Å². The maximum atomic E-state index is 13.6. The highest BCUT2D eigenvalue weighted by molar-refractivity contribution is 5.97. The standard InChI is InChI=1S/C15H21FN2O2/c1-17-6-3-7-18(9-8-17)11-14(19)12-4-5-15(20-2)13(16)10-12/h4-5,10H,3,6-9,11H2,1-2H3. The SMILES string of the molecule is COc1ccc(C(=O)CN2CCCN(C)CC2)cc1F. The Bertz CT molecular complexity index is 479. The van der Waals surface area contributed by atoms with Crippen molar-refractivity contribution in [3.05, 3.63) is 29.6 Å². The Balaban J connectivity index is 1.99. The van der Waals surface area contributed by atoms with Crippen molar-refractivity contribution >= 4 is 5.78 Å². The normalized spacial score (nSPS) is 17.8. The second kappa shape index (κ2) is 6.81. The first-order valence-corrected chi connectivity index (χ1v) is 6.88. The third kappa shape index (κ3) is 3.77. The number of halogens is 1. The quantitative estimate of drug-likeness (QED) is 0.785. The predicted octanol–water partition coefficient (Wildman–Crippen LogP) is 1.65. The van der Waals surface area contributed by atoms with Gasteiger partial charge in [0.2, 0.25) is 0 Å². The largest absolute Gasteiger partial charge is 0.494 e. The molecule has 1 heterocycles. The van der Waals surface area contributed by atoms with Gasteiger partial charge in [-0.25, -0.2) is 4.39 Å². The molecule has 0 radical (unpaired) electrons. The Labute approximate surface area is 119 Å². The van der Waals surface area contributed by atoms with Gasteiger partial charge in [0.1, 0.15) is 0 Å². The predicted molar refractivity (Wildman–Crippen MR) is 75.8 cm³/mol. The summed E-state index contributed by atoms with van der Waals surface area (Å²) in [7, 11) is 3.50. The van der Waals surface area contributed by atoms with Crippen LogP contribution in [-0.4, -0.2) is 62.5 Å². The fourth-order valence-corrected chi connectivity index (χ4v) is 2.39. The van der Waals surface area contributed by atoms with Crippen LogP contribution in [0.4, 0.5) is 4.39 Å². The van der Waals surface area contributed by atoms with Crippen LogP contribution in [0.1, 0.15) is 16.8 Å². The third-order valence-corrected chi connectivity index (χ3v) is 3.65. The van der Waals surface area contributed by atoms with E-state index < -0.39 is 5.82 Å². The summed E-state index contributed by atoms with van der Waals surface area (Å²) in [5.41, 5.74) is 0.404. The highest BCUT2D eigenvalue weighted by atomic mass is 19.1. The number of likely N-dealkylation sites (N-methyl/N-ethyl adjacent to an activating group) is 1. The summed E-state index contributed by atoms with van der Waals surface area (Å²) in [6.07, 6.45) is 1.06. The molecule has 0 atom stereocenters. The van der Waals surface area contributed by atoms with E-state index in [0.717, 1.165) is 32.6 Å². The molecule has 0 amide bonds. The van der Waals surface area contributed by atoms with Crippen LogP contribution in [0.5, 0.6) is 5.75 Å². The molecule has 0 bridgehead atoms. The van der Waals surface area contributed by atoms with Gasteiger partial charge in [0.05, 0.1) is 13.7 Å². The van der Waals surface area contributed by atoms with Crippen LogP contribution in [0.3, 0.4) is 0 Å². The van der Waals surface area contributed by atoms with E-state index >= 15 is 0 Å². The molecule has 0 unspecified atom stereocenters. The molecule has 1 saturated heterocycles. The lowest BCUT2D eigenvalue weighted by molar-refractivity contribution is 0.0933. The van der Waals surface area contributed by atoms with Crippen LogP contribution < -0.4 is 4.74 Å². The van der Waals surface area contributed by atoms with Crippen molar-refractivity contribution in [2.45, 2.75) is 6.42 Å². The number of ether oxygens (including phenoxy) is 1. The second-order valence-corrected chi connectivity index (χ2v) is 5.21. The van der Waals surface area contributed by atoms with Crippen LogP contribution in [0, 0.1) is 5.82 Å². The molecule has 1 aromatic carbocycles. The monoisotopic (exact) mass is 280 g/mol. The zero-order valence-corrected chi connectivity index (χ0v) is 12.1. The van der Waals surface area contributed by atoms with E-state index in [-0.39, 0.29) is 11.5 Å². The molecule has 110 valence electrons. The van der Waals surface area contributed by atoms with Gasteiger partial charge < -0.3 is 9.64 Å². The van der Waals surface area contributed by atoms with Gasteiger partial charge in [-0.05, 0) is 44.8 Å². The number of rotatable bonds is 4. The van der Waals surface area contributed by atoms with Crippen molar-refractivity contribution < 1.29 is 13.9 Å². The number of carbonyl (C=O) groups is 1. The van der Waals surface area contributed by atoms with Crippen molar-refractivity contribution in [3.8, 4) is 5.75 Å². The Hall–Kier alpha value is -1.46. The van der Waals surface area contributed by atoms with Gasteiger partial charge in [0.25, 0.3) is 0 Å². The van der Waals surface area contributed by atoms with Gasteiger partial charge in [-0.15, -0.1) is 0 Å². The molecule has 0 spiro atoms. The molecule has 1 aliphatic rings. The average molecular weight is 280 g/mol. The summed E-state index contributed by atoms with van der Waals surface area (Å²) in [6, 6.07) is 4.37. The average Bonchev–Trinajstić information content (AvgIpc) is 2.63. The number of Topliss-reactive ketones (excluding diaryl/α,β-unsaturated/α-hetero) is 1. The number of benzene rings is 1. The molecule has 0 saturated carbocycles. The lowest BCUT2D eigenvalue weighted by Gasteiger charge is -2.19. The van der Waals surface area contributed by atoms with E-state index in [1.807, 2.05) is 0 Å². The zero-order chi connectivity index (χ0) is 14.5. The first kappa shape index (κ1) is 14.9. The summed E-state index contributed by atoms with van der Waals surface area (Å²) in [5.74, 6) is -0.372. The molecule has 20 heavy (non-hydrogen) atoms. The van der Waals surface area contributed by atoms with Crippen molar-refractivity contribution in [2.24, 2.45) is 0 Å². The fourth-order valence-electron chi connectivity index (χ4n) is 2.39. The Morgan fingerprint density at radius 1 is 1.30 bits per heavy atom. The number of hydrogen-bond acceptors (Lipinski definition) is 4. The van der Waals surface area contributed by atoms with E-state index in [4.69, 9.17) is 4.74 Å². The van der Waals surface area contributed by atoms with Gasteiger partial charge in [0.15, 0.2) is 17.3 Å². The topological polar surface area (TPSA) is 32.8 Å². The summed E-state index contributed by atoms with van der Waals surface area (Å²) in [4.78, 5) is 16.6. The number of methoxy groups -OCH3 is 1. The lowest BCUT2D eigenvalue weighted by atomic mass is 10.1. The van der Waals surface area contributed by atoms with Crippen molar-refractivity contribution in [2.75, 3.05) is 46.9 Å². The van der Waals surface area contributed by atoms with Gasteiger partial charge in [-0.2, -0.15) is 0 Å². The molecular formula is C15H21FN2O2. The Kier molecular flexibility index (Phi) is 5.09. The number of ketones is 1.